The van der Waals surface area contributed by atoms with Crippen LogP contribution in [0.25, 0.3) is 0 Å². The summed E-state index contributed by atoms with van der Waals surface area (Å²) in [6, 6.07) is 7.28. The van der Waals surface area contributed by atoms with Crippen molar-refractivity contribution >= 4 is 11.7 Å². The fourth-order valence-electron chi connectivity index (χ4n) is 1.53. The molecule has 0 saturated carbocycles. The number of nitrogen functional groups attached to an aromatic ring is 1. The lowest BCUT2D eigenvalue weighted by Gasteiger charge is -2.11. The Bertz CT molecular complexity index is 332. The smallest absolute Gasteiger partial charge is 0.310 e. The van der Waals surface area contributed by atoms with Crippen LogP contribution in [0.1, 0.15) is 32.3 Å². The van der Waals surface area contributed by atoms with Gasteiger partial charge in [0, 0.05) is 5.69 Å². The molecule has 0 fully saturated rings. The minimum atomic E-state index is -0.175. The van der Waals surface area contributed by atoms with Crippen molar-refractivity contribution in [3.05, 3.63) is 29.8 Å². The Morgan fingerprint density at radius 2 is 2.00 bits per heavy atom. The molecule has 0 aliphatic heterocycles. The fourth-order valence-corrected chi connectivity index (χ4v) is 1.53. The SMILES string of the molecule is CCCC(C)OC(=O)Cc1ccc(N)cc1. The molecule has 3 nitrogen and oxygen atoms in total. The maximum Gasteiger partial charge on any atom is 0.310 e. The fraction of sp³-hybridized carbons (Fsp3) is 0.462. The lowest BCUT2D eigenvalue weighted by Crippen LogP contribution is -2.16. The van der Waals surface area contributed by atoms with Gasteiger partial charge < -0.3 is 10.5 Å². The zero-order chi connectivity index (χ0) is 12.0. The molecule has 0 aliphatic rings. The molecule has 0 radical (unpaired) electrons. The van der Waals surface area contributed by atoms with E-state index in [-0.39, 0.29) is 12.1 Å². The van der Waals surface area contributed by atoms with Gasteiger partial charge in [0.25, 0.3) is 0 Å². The second-order valence-corrected chi connectivity index (χ2v) is 4.01. The van der Waals surface area contributed by atoms with Crippen molar-refractivity contribution in [2.24, 2.45) is 0 Å². The molecule has 16 heavy (non-hydrogen) atoms. The third kappa shape index (κ3) is 4.34. The summed E-state index contributed by atoms with van der Waals surface area (Å²) >= 11 is 0. The van der Waals surface area contributed by atoms with Crippen LogP contribution >= 0.6 is 0 Å². The van der Waals surface area contributed by atoms with Gasteiger partial charge in [-0.1, -0.05) is 25.5 Å². The second kappa shape index (κ2) is 6.16. The molecule has 1 unspecified atom stereocenters. The molecule has 0 saturated heterocycles. The first-order valence-electron chi connectivity index (χ1n) is 5.65. The summed E-state index contributed by atoms with van der Waals surface area (Å²) in [5.41, 5.74) is 7.20. The third-order valence-electron chi connectivity index (χ3n) is 2.36. The van der Waals surface area contributed by atoms with Gasteiger partial charge in [0.2, 0.25) is 0 Å². The molecular formula is C13H19NO2. The zero-order valence-corrected chi connectivity index (χ0v) is 9.90. The Morgan fingerprint density at radius 1 is 1.38 bits per heavy atom. The van der Waals surface area contributed by atoms with E-state index in [1.54, 1.807) is 12.1 Å². The Morgan fingerprint density at radius 3 is 2.56 bits per heavy atom. The summed E-state index contributed by atoms with van der Waals surface area (Å²) in [6.45, 7) is 3.99. The van der Waals surface area contributed by atoms with Crippen LogP contribution in [0.3, 0.4) is 0 Å². The number of hydrogen-bond acceptors (Lipinski definition) is 3. The lowest BCUT2D eigenvalue weighted by molar-refractivity contribution is -0.147. The molecule has 88 valence electrons. The monoisotopic (exact) mass is 221 g/mol. The highest BCUT2D eigenvalue weighted by Gasteiger charge is 2.09. The van der Waals surface area contributed by atoms with Gasteiger partial charge in [-0.25, -0.2) is 0 Å². The number of carbonyl (C=O) groups is 1. The summed E-state index contributed by atoms with van der Waals surface area (Å²) in [7, 11) is 0. The molecule has 3 heteroatoms. The molecule has 1 rings (SSSR count). The number of nitrogens with two attached hydrogens (primary N) is 1. The van der Waals surface area contributed by atoms with E-state index in [2.05, 4.69) is 6.92 Å². The van der Waals surface area contributed by atoms with Crippen LogP contribution in [0.5, 0.6) is 0 Å². The zero-order valence-electron chi connectivity index (χ0n) is 9.90. The highest BCUT2D eigenvalue weighted by Crippen LogP contribution is 2.08. The van der Waals surface area contributed by atoms with Crippen molar-refractivity contribution in [3.63, 3.8) is 0 Å². The molecule has 1 aromatic carbocycles. The topological polar surface area (TPSA) is 52.3 Å². The van der Waals surface area contributed by atoms with Gasteiger partial charge in [-0.15, -0.1) is 0 Å². The highest BCUT2D eigenvalue weighted by atomic mass is 16.5. The number of rotatable bonds is 5. The number of esters is 1. The van der Waals surface area contributed by atoms with Gasteiger partial charge in [0.15, 0.2) is 0 Å². The summed E-state index contributed by atoms with van der Waals surface area (Å²) in [5, 5.41) is 0. The van der Waals surface area contributed by atoms with E-state index in [0.717, 1.165) is 18.4 Å². The number of anilines is 1. The van der Waals surface area contributed by atoms with Crippen LogP contribution in [-0.4, -0.2) is 12.1 Å². The van der Waals surface area contributed by atoms with Crippen molar-refractivity contribution in [3.8, 4) is 0 Å². The van der Waals surface area contributed by atoms with Crippen LogP contribution in [0.2, 0.25) is 0 Å². The molecule has 0 spiro atoms. The first-order valence-corrected chi connectivity index (χ1v) is 5.65. The summed E-state index contributed by atoms with van der Waals surface area (Å²) in [6.07, 6.45) is 2.25. The standard InChI is InChI=1S/C13H19NO2/c1-3-4-10(2)16-13(15)9-11-5-7-12(14)8-6-11/h5-8,10H,3-4,9,14H2,1-2H3. The molecule has 1 atom stereocenters. The molecule has 1 aromatic rings. The number of hydrogen-bond donors (Lipinski definition) is 1. The quantitative estimate of drug-likeness (QED) is 0.614. The van der Waals surface area contributed by atoms with Crippen LogP contribution in [-0.2, 0) is 16.0 Å². The molecule has 0 heterocycles. The van der Waals surface area contributed by atoms with Crippen molar-refractivity contribution in [2.45, 2.75) is 39.2 Å². The van der Waals surface area contributed by atoms with Crippen LogP contribution in [0, 0.1) is 0 Å². The summed E-state index contributed by atoms with van der Waals surface area (Å²) in [4.78, 5) is 11.5. The van der Waals surface area contributed by atoms with Crippen LogP contribution in [0.15, 0.2) is 24.3 Å². The Labute approximate surface area is 96.6 Å². The second-order valence-electron chi connectivity index (χ2n) is 4.01. The van der Waals surface area contributed by atoms with E-state index in [1.165, 1.54) is 0 Å². The van der Waals surface area contributed by atoms with E-state index >= 15 is 0 Å². The van der Waals surface area contributed by atoms with Gasteiger partial charge >= 0.3 is 5.97 Å². The van der Waals surface area contributed by atoms with Crippen molar-refractivity contribution in [2.75, 3.05) is 5.73 Å². The summed E-state index contributed by atoms with van der Waals surface area (Å²) < 4.78 is 5.25. The Kier molecular flexibility index (Phi) is 4.83. The highest BCUT2D eigenvalue weighted by molar-refractivity contribution is 5.72. The van der Waals surface area contributed by atoms with E-state index < -0.39 is 0 Å². The van der Waals surface area contributed by atoms with Crippen LogP contribution < -0.4 is 5.73 Å². The first-order chi connectivity index (χ1) is 7.61. The van der Waals surface area contributed by atoms with E-state index in [4.69, 9.17) is 10.5 Å². The normalized spacial score (nSPS) is 12.1. The Hall–Kier alpha value is -1.51. The molecule has 2 N–H and O–H groups in total. The Balaban J connectivity index is 2.42. The maximum absolute atomic E-state index is 11.5. The van der Waals surface area contributed by atoms with Crippen LogP contribution in [0.4, 0.5) is 5.69 Å². The van der Waals surface area contributed by atoms with Crippen molar-refractivity contribution < 1.29 is 9.53 Å². The number of benzene rings is 1. The first kappa shape index (κ1) is 12.6. The average molecular weight is 221 g/mol. The lowest BCUT2D eigenvalue weighted by atomic mass is 10.1. The van der Waals surface area contributed by atoms with E-state index in [0.29, 0.717) is 12.1 Å². The van der Waals surface area contributed by atoms with Gasteiger partial charge in [0.05, 0.1) is 12.5 Å². The molecule has 0 bridgehead atoms. The van der Waals surface area contributed by atoms with E-state index in [9.17, 15) is 4.79 Å². The molecule has 0 aromatic heterocycles. The van der Waals surface area contributed by atoms with Gasteiger partial charge in [-0.2, -0.15) is 0 Å². The minimum Gasteiger partial charge on any atom is -0.462 e. The van der Waals surface area contributed by atoms with Gasteiger partial charge in [-0.3, -0.25) is 4.79 Å². The van der Waals surface area contributed by atoms with Crippen molar-refractivity contribution in [1.82, 2.24) is 0 Å². The average Bonchev–Trinajstić information content (AvgIpc) is 2.21. The third-order valence-corrected chi connectivity index (χ3v) is 2.36. The predicted molar refractivity (Wildman–Crippen MR) is 65.0 cm³/mol. The molecule has 0 aliphatic carbocycles. The minimum absolute atomic E-state index is 0.00582. The van der Waals surface area contributed by atoms with Crippen molar-refractivity contribution in [1.29, 1.82) is 0 Å². The van der Waals surface area contributed by atoms with Gasteiger partial charge in [0.1, 0.15) is 0 Å². The van der Waals surface area contributed by atoms with E-state index in [1.807, 2.05) is 19.1 Å². The number of carbonyl (C=O) groups excluding carboxylic acids is 1. The summed E-state index contributed by atoms with van der Waals surface area (Å²) in [5.74, 6) is -0.175. The molecular weight excluding hydrogens is 202 g/mol. The predicted octanol–water partition coefficient (Wildman–Crippen LogP) is 2.54. The number of ether oxygens (including phenoxy) is 1. The maximum atomic E-state index is 11.5. The molecule has 0 amide bonds. The largest absolute Gasteiger partial charge is 0.462 e. The van der Waals surface area contributed by atoms with Gasteiger partial charge in [-0.05, 0) is 31.0 Å².